The summed E-state index contributed by atoms with van der Waals surface area (Å²) in [5.41, 5.74) is 1.01. The van der Waals surface area contributed by atoms with E-state index in [-0.39, 0.29) is 5.54 Å². The Bertz CT molecular complexity index is 577. The summed E-state index contributed by atoms with van der Waals surface area (Å²) in [4.78, 5) is 0. The molecule has 0 saturated carbocycles. The van der Waals surface area contributed by atoms with Gasteiger partial charge in [-0.25, -0.2) is 4.68 Å². The lowest BCUT2D eigenvalue weighted by atomic mass is 10.1. The molecule has 1 N–H and O–H groups in total. The zero-order valence-electron chi connectivity index (χ0n) is 12.6. The predicted molar refractivity (Wildman–Crippen MR) is 86.3 cm³/mol. The highest BCUT2D eigenvalue weighted by Gasteiger charge is 2.10. The van der Waals surface area contributed by atoms with Gasteiger partial charge in [-0.05, 0) is 39.0 Å². The standard InChI is InChI=1S/C15H21BrN4O/c1-15(2,3)17-10-13-11-20(19-18-13)7-8-21-14-6-4-5-12(16)9-14/h4-6,9,11,17H,7-8,10H2,1-3H3. The maximum Gasteiger partial charge on any atom is 0.120 e. The van der Waals surface area contributed by atoms with E-state index < -0.39 is 0 Å². The van der Waals surface area contributed by atoms with Crippen molar-refractivity contribution < 1.29 is 4.74 Å². The number of aromatic nitrogens is 3. The molecule has 21 heavy (non-hydrogen) atoms. The zero-order valence-corrected chi connectivity index (χ0v) is 14.2. The number of rotatable bonds is 6. The Balaban J connectivity index is 1.78. The number of benzene rings is 1. The number of halogens is 1. The first-order valence-electron chi connectivity index (χ1n) is 6.95. The second kappa shape index (κ2) is 7.04. The van der Waals surface area contributed by atoms with Crippen molar-refractivity contribution in [3.63, 3.8) is 0 Å². The highest BCUT2D eigenvalue weighted by molar-refractivity contribution is 9.10. The summed E-state index contributed by atoms with van der Waals surface area (Å²) in [6, 6.07) is 7.80. The SMILES string of the molecule is CC(C)(C)NCc1cn(CCOc2cccc(Br)c2)nn1. The molecule has 0 radical (unpaired) electrons. The number of ether oxygens (including phenoxy) is 1. The van der Waals surface area contributed by atoms with Crippen molar-refractivity contribution in [1.29, 1.82) is 0 Å². The summed E-state index contributed by atoms with van der Waals surface area (Å²) in [7, 11) is 0. The molecule has 0 aliphatic rings. The van der Waals surface area contributed by atoms with Gasteiger partial charge in [-0.15, -0.1) is 5.10 Å². The highest BCUT2D eigenvalue weighted by atomic mass is 79.9. The van der Waals surface area contributed by atoms with E-state index in [0.29, 0.717) is 13.2 Å². The van der Waals surface area contributed by atoms with E-state index in [0.717, 1.165) is 22.5 Å². The highest BCUT2D eigenvalue weighted by Crippen LogP contribution is 2.17. The van der Waals surface area contributed by atoms with Crippen LogP contribution in [0, 0.1) is 0 Å². The molecule has 1 aromatic heterocycles. The Morgan fingerprint density at radius 1 is 1.33 bits per heavy atom. The predicted octanol–water partition coefficient (Wildman–Crippen LogP) is 3.01. The van der Waals surface area contributed by atoms with Crippen molar-refractivity contribution in [3.8, 4) is 5.75 Å². The minimum Gasteiger partial charge on any atom is -0.492 e. The number of hydrogen-bond acceptors (Lipinski definition) is 4. The van der Waals surface area contributed by atoms with Gasteiger partial charge in [0.1, 0.15) is 12.4 Å². The lowest BCUT2D eigenvalue weighted by molar-refractivity contribution is 0.289. The van der Waals surface area contributed by atoms with Crippen molar-refractivity contribution in [2.45, 2.75) is 39.4 Å². The Labute approximate surface area is 133 Å². The molecule has 2 rings (SSSR count). The molecule has 2 aromatic rings. The molecule has 1 aromatic carbocycles. The van der Waals surface area contributed by atoms with Crippen LogP contribution in [0.4, 0.5) is 0 Å². The zero-order chi connectivity index (χ0) is 15.3. The van der Waals surface area contributed by atoms with Crippen molar-refractivity contribution in [3.05, 3.63) is 40.6 Å². The van der Waals surface area contributed by atoms with Crippen LogP contribution in [-0.4, -0.2) is 27.1 Å². The minimum absolute atomic E-state index is 0.0770. The van der Waals surface area contributed by atoms with Crippen LogP contribution in [0.1, 0.15) is 26.5 Å². The second-order valence-corrected chi connectivity index (χ2v) is 6.80. The van der Waals surface area contributed by atoms with Gasteiger partial charge < -0.3 is 10.1 Å². The largest absolute Gasteiger partial charge is 0.492 e. The van der Waals surface area contributed by atoms with E-state index in [4.69, 9.17) is 4.74 Å². The first kappa shape index (κ1) is 16.0. The average molecular weight is 353 g/mol. The topological polar surface area (TPSA) is 52.0 Å². The third kappa shape index (κ3) is 5.85. The van der Waals surface area contributed by atoms with Crippen molar-refractivity contribution >= 4 is 15.9 Å². The first-order chi connectivity index (χ1) is 9.92. The van der Waals surface area contributed by atoms with Gasteiger partial charge in [0.05, 0.1) is 12.2 Å². The summed E-state index contributed by atoms with van der Waals surface area (Å²) in [5.74, 6) is 0.846. The van der Waals surface area contributed by atoms with Gasteiger partial charge in [0.15, 0.2) is 0 Å². The monoisotopic (exact) mass is 352 g/mol. The number of nitrogens with one attached hydrogen (secondary N) is 1. The Morgan fingerprint density at radius 2 is 2.14 bits per heavy atom. The van der Waals surface area contributed by atoms with Crippen LogP contribution in [0.2, 0.25) is 0 Å². The molecule has 0 bridgehead atoms. The van der Waals surface area contributed by atoms with Crippen LogP contribution in [-0.2, 0) is 13.1 Å². The van der Waals surface area contributed by atoms with Gasteiger partial charge in [-0.1, -0.05) is 27.2 Å². The van der Waals surface area contributed by atoms with E-state index in [2.05, 4.69) is 52.3 Å². The van der Waals surface area contributed by atoms with Crippen LogP contribution < -0.4 is 10.1 Å². The third-order valence-corrected chi connectivity index (χ3v) is 3.26. The van der Waals surface area contributed by atoms with Crippen molar-refractivity contribution in [2.75, 3.05) is 6.61 Å². The molecule has 0 fully saturated rings. The third-order valence-electron chi connectivity index (χ3n) is 2.77. The average Bonchev–Trinajstić information content (AvgIpc) is 2.84. The normalized spacial score (nSPS) is 11.6. The van der Waals surface area contributed by atoms with Gasteiger partial charge in [-0.2, -0.15) is 0 Å². The summed E-state index contributed by atoms with van der Waals surface area (Å²) in [6.07, 6.45) is 1.95. The second-order valence-electron chi connectivity index (χ2n) is 5.88. The lowest BCUT2D eigenvalue weighted by Crippen LogP contribution is -2.35. The van der Waals surface area contributed by atoms with E-state index in [9.17, 15) is 0 Å². The molecule has 5 nitrogen and oxygen atoms in total. The van der Waals surface area contributed by atoms with E-state index in [1.165, 1.54) is 0 Å². The fraction of sp³-hybridized carbons (Fsp3) is 0.467. The van der Waals surface area contributed by atoms with Gasteiger partial charge in [0.25, 0.3) is 0 Å². The van der Waals surface area contributed by atoms with Crippen molar-refractivity contribution in [2.24, 2.45) is 0 Å². The van der Waals surface area contributed by atoms with E-state index >= 15 is 0 Å². The van der Waals surface area contributed by atoms with E-state index in [1.807, 2.05) is 30.5 Å². The molecule has 0 unspecified atom stereocenters. The number of hydrogen-bond donors (Lipinski definition) is 1. The molecule has 114 valence electrons. The van der Waals surface area contributed by atoms with Crippen LogP contribution >= 0.6 is 15.9 Å². The molecule has 1 heterocycles. The fourth-order valence-electron chi connectivity index (χ4n) is 1.70. The van der Waals surface area contributed by atoms with Gasteiger partial charge in [-0.3, -0.25) is 0 Å². The van der Waals surface area contributed by atoms with E-state index in [1.54, 1.807) is 4.68 Å². The molecule has 0 atom stereocenters. The van der Waals surface area contributed by atoms with Gasteiger partial charge in [0, 0.05) is 22.8 Å². The first-order valence-corrected chi connectivity index (χ1v) is 7.74. The Morgan fingerprint density at radius 3 is 2.86 bits per heavy atom. The van der Waals surface area contributed by atoms with Crippen molar-refractivity contribution in [1.82, 2.24) is 20.3 Å². The summed E-state index contributed by atoms with van der Waals surface area (Å²) >= 11 is 3.42. The molecule has 0 amide bonds. The van der Waals surface area contributed by atoms with Gasteiger partial charge >= 0.3 is 0 Å². The molecule has 6 heteroatoms. The van der Waals surface area contributed by atoms with Crippen LogP contribution in [0.25, 0.3) is 0 Å². The van der Waals surface area contributed by atoms with Gasteiger partial charge in [0.2, 0.25) is 0 Å². The molecule has 0 saturated heterocycles. The molecule has 0 aliphatic carbocycles. The Hall–Kier alpha value is -1.40. The lowest BCUT2D eigenvalue weighted by Gasteiger charge is -2.19. The molecule has 0 aliphatic heterocycles. The van der Waals surface area contributed by atoms with Crippen LogP contribution in [0.3, 0.4) is 0 Å². The molecule has 0 spiro atoms. The smallest absolute Gasteiger partial charge is 0.120 e. The summed E-state index contributed by atoms with van der Waals surface area (Å²) in [6.45, 7) is 8.34. The molecular weight excluding hydrogens is 332 g/mol. The Kier molecular flexibility index (Phi) is 5.36. The maximum absolute atomic E-state index is 5.68. The summed E-state index contributed by atoms with van der Waals surface area (Å²) in [5, 5.41) is 11.6. The summed E-state index contributed by atoms with van der Waals surface area (Å²) < 4.78 is 8.49. The van der Waals surface area contributed by atoms with Crippen LogP contribution in [0.15, 0.2) is 34.9 Å². The number of nitrogens with zero attached hydrogens (tertiary/aromatic N) is 3. The fourth-order valence-corrected chi connectivity index (χ4v) is 2.08. The van der Waals surface area contributed by atoms with Crippen LogP contribution in [0.5, 0.6) is 5.75 Å². The molecular formula is C15H21BrN4O. The maximum atomic E-state index is 5.68. The minimum atomic E-state index is 0.0770. The quantitative estimate of drug-likeness (QED) is 0.868.